The van der Waals surface area contributed by atoms with E-state index >= 15 is 0 Å². The van der Waals surface area contributed by atoms with Crippen LogP contribution < -0.4 is 5.32 Å². The van der Waals surface area contributed by atoms with Crippen LogP contribution in [0.15, 0.2) is 29.2 Å². The zero-order valence-electron chi connectivity index (χ0n) is 11.7. The van der Waals surface area contributed by atoms with Gasteiger partial charge in [0.05, 0.1) is 0 Å². The van der Waals surface area contributed by atoms with Crippen LogP contribution in [0.3, 0.4) is 0 Å². The average molecular weight is 281 g/mol. The molecule has 0 spiro atoms. The van der Waals surface area contributed by atoms with Gasteiger partial charge in [0.1, 0.15) is 5.82 Å². The third-order valence-electron chi connectivity index (χ3n) is 3.85. The maximum atomic E-state index is 13.2. The Morgan fingerprint density at radius 3 is 2.84 bits per heavy atom. The van der Waals surface area contributed by atoms with E-state index in [9.17, 15) is 4.39 Å². The van der Waals surface area contributed by atoms with E-state index in [0.717, 1.165) is 23.1 Å². The Hall–Kier alpha value is -0.540. The molecule has 0 amide bonds. The lowest BCUT2D eigenvalue weighted by atomic mass is 10.00. The van der Waals surface area contributed by atoms with Gasteiger partial charge in [-0.25, -0.2) is 4.39 Å². The van der Waals surface area contributed by atoms with E-state index in [1.807, 2.05) is 6.07 Å². The first-order valence-electron chi connectivity index (χ1n) is 7.41. The molecule has 2 rings (SSSR count). The first-order valence-corrected chi connectivity index (χ1v) is 8.40. The normalized spacial score (nSPS) is 17.8. The summed E-state index contributed by atoms with van der Waals surface area (Å²) in [4.78, 5) is 1.04. The van der Waals surface area contributed by atoms with E-state index in [1.165, 1.54) is 38.2 Å². The van der Waals surface area contributed by atoms with Crippen LogP contribution in [0.5, 0.6) is 0 Å². The summed E-state index contributed by atoms with van der Waals surface area (Å²) in [6.07, 6.45) is 6.63. The molecule has 1 atom stereocenters. The molecule has 1 aliphatic rings. The highest BCUT2D eigenvalue weighted by Gasteiger charge is 2.24. The average Bonchev–Trinajstić information content (AvgIpc) is 2.93. The fraction of sp³-hybridized carbons (Fsp3) is 0.625. The summed E-state index contributed by atoms with van der Waals surface area (Å²) in [5.74, 6) is 1.73. The van der Waals surface area contributed by atoms with Crippen molar-refractivity contribution in [2.45, 2.75) is 50.0 Å². The Kier molecular flexibility index (Phi) is 6.18. The fourth-order valence-corrected chi connectivity index (χ4v) is 3.93. The number of hydrogen-bond donors (Lipinski definition) is 1. The fourth-order valence-electron chi connectivity index (χ4n) is 2.79. The lowest BCUT2D eigenvalue weighted by Crippen LogP contribution is -2.37. The maximum Gasteiger partial charge on any atom is 0.124 e. The Morgan fingerprint density at radius 2 is 2.16 bits per heavy atom. The lowest BCUT2D eigenvalue weighted by Gasteiger charge is -2.24. The monoisotopic (exact) mass is 281 g/mol. The number of nitrogens with one attached hydrogen (secondary N) is 1. The van der Waals surface area contributed by atoms with Crippen LogP contribution in [0.1, 0.15) is 39.0 Å². The molecule has 0 aromatic heterocycles. The molecule has 1 N–H and O–H groups in total. The lowest BCUT2D eigenvalue weighted by molar-refractivity contribution is 0.388. The van der Waals surface area contributed by atoms with Gasteiger partial charge in [0.2, 0.25) is 0 Å². The number of thioether (sulfide) groups is 1. The van der Waals surface area contributed by atoms with Gasteiger partial charge in [-0.3, -0.25) is 0 Å². The summed E-state index contributed by atoms with van der Waals surface area (Å²) in [5, 5.41) is 3.68. The van der Waals surface area contributed by atoms with E-state index < -0.39 is 0 Å². The van der Waals surface area contributed by atoms with E-state index in [0.29, 0.717) is 6.04 Å². The number of hydrogen-bond acceptors (Lipinski definition) is 2. The molecule has 0 radical (unpaired) electrons. The summed E-state index contributed by atoms with van der Waals surface area (Å²) >= 11 is 1.78. The molecule has 0 saturated heterocycles. The zero-order chi connectivity index (χ0) is 13.5. The van der Waals surface area contributed by atoms with Crippen LogP contribution in [0.2, 0.25) is 0 Å². The van der Waals surface area contributed by atoms with E-state index in [1.54, 1.807) is 23.9 Å². The van der Waals surface area contributed by atoms with Gasteiger partial charge in [-0.2, -0.15) is 0 Å². The van der Waals surface area contributed by atoms with Gasteiger partial charge in [0.15, 0.2) is 0 Å². The zero-order valence-corrected chi connectivity index (χ0v) is 12.5. The molecule has 1 unspecified atom stereocenters. The van der Waals surface area contributed by atoms with Crippen molar-refractivity contribution in [2.75, 3.05) is 12.3 Å². The van der Waals surface area contributed by atoms with Crippen molar-refractivity contribution in [3.8, 4) is 0 Å². The molecule has 1 aromatic carbocycles. The highest BCUT2D eigenvalue weighted by atomic mass is 32.2. The van der Waals surface area contributed by atoms with Crippen molar-refractivity contribution in [1.29, 1.82) is 0 Å². The standard InChI is InChI=1S/C16H24FNS/c1-2-10-18-16(13-6-3-4-7-13)12-19-15-9-5-8-14(17)11-15/h5,8-9,11,13,16,18H,2-4,6-7,10,12H2,1H3. The molecular formula is C16H24FNS. The van der Waals surface area contributed by atoms with Crippen LogP contribution in [-0.2, 0) is 0 Å². The minimum atomic E-state index is -0.135. The van der Waals surface area contributed by atoms with Crippen LogP contribution in [0, 0.1) is 11.7 Å². The van der Waals surface area contributed by atoms with Crippen molar-refractivity contribution < 1.29 is 4.39 Å². The topological polar surface area (TPSA) is 12.0 Å². The van der Waals surface area contributed by atoms with Gasteiger partial charge in [-0.05, 0) is 49.9 Å². The third kappa shape index (κ3) is 4.81. The molecule has 19 heavy (non-hydrogen) atoms. The molecule has 1 aliphatic carbocycles. The van der Waals surface area contributed by atoms with Gasteiger partial charge in [-0.1, -0.05) is 25.8 Å². The van der Waals surface area contributed by atoms with Gasteiger partial charge in [0, 0.05) is 16.7 Å². The Bertz CT molecular complexity index is 377. The number of rotatable bonds is 7. The predicted molar refractivity (Wildman–Crippen MR) is 81.2 cm³/mol. The summed E-state index contributed by atoms with van der Waals surface area (Å²) < 4.78 is 13.2. The minimum Gasteiger partial charge on any atom is -0.313 e. The largest absolute Gasteiger partial charge is 0.313 e. The SMILES string of the molecule is CCCNC(CSc1cccc(F)c1)C1CCCC1. The number of benzene rings is 1. The second-order valence-electron chi connectivity index (χ2n) is 5.37. The summed E-state index contributed by atoms with van der Waals surface area (Å²) in [5.41, 5.74) is 0. The molecule has 0 heterocycles. The maximum absolute atomic E-state index is 13.2. The van der Waals surface area contributed by atoms with Gasteiger partial charge < -0.3 is 5.32 Å². The summed E-state index contributed by atoms with van der Waals surface area (Å²) in [7, 11) is 0. The predicted octanol–water partition coefficient (Wildman–Crippen LogP) is 4.48. The van der Waals surface area contributed by atoms with Crippen molar-refractivity contribution >= 4 is 11.8 Å². The second kappa shape index (κ2) is 7.91. The van der Waals surface area contributed by atoms with Crippen LogP contribution >= 0.6 is 11.8 Å². The summed E-state index contributed by atoms with van der Waals surface area (Å²) in [6.45, 7) is 3.29. The van der Waals surface area contributed by atoms with Crippen molar-refractivity contribution in [3.05, 3.63) is 30.1 Å². The minimum absolute atomic E-state index is 0.135. The first-order chi connectivity index (χ1) is 9.29. The van der Waals surface area contributed by atoms with Crippen molar-refractivity contribution in [2.24, 2.45) is 5.92 Å². The van der Waals surface area contributed by atoms with Crippen molar-refractivity contribution in [1.82, 2.24) is 5.32 Å². The molecule has 0 bridgehead atoms. The van der Waals surface area contributed by atoms with Crippen LogP contribution in [0.25, 0.3) is 0 Å². The Morgan fingerprint density at radius 1 is 1.37 bits per heavy atom. The van der Waals surface area contributed by atoms with E-state index in [2.05, 4.69) is 12.2 Å². The van der Waals surface area contributed by atoms with Gasteiger partial charge >= 0.3 is 0 Å². The molecule has 3 heteroatoms. The second-order valence-corrected chi connectivity index (χ2v) is 6.47. The highest BCUT2D eigenvalue weighted by molar-refractivity contribution is 7.99. The molecule has 106 valence electrons. The van der Waals surface area contributed by atoms with Crippen LogP contribution in [-0.4, -0.2) is 18.3 Å². The van der Waals surface area contributed by atoms with E-state index in [-0.39, 0.29) is 5.82 Å². The molecule has 1 nitrogen and oxygen atoms in total. The van der Waals surface area contributed by atoms with Crippen LogP contribution in [0.4, 0.5) is 4.39 Å². The summed E-state index contributed by atoms with van der Waals surface area (Å²) in [6, 6.07) is 7.51. The van der Waals surface area contributed by atoms with E-state index in [4.69, 9.17) is 0 Å². The third-order valence-corrected chi connectivity index (χ3v) is 4.96. The molecule has 1 fully saturated rings. The Balaban J connectivity index is 1.88. The highest BCUT2D eigenvalue weighted by Crippen LogP contribution is 2.31. The smallest absolute Gasteiger partial charge is 0.124 e. The molecule has 0 aliphatic heterocycles. The molecular weight excluding hydrogens is 257 g/mol. The Labute approximate surface area is 120 Å². The molecule has 1 aromatic rings. The number of halogens is 1. The first kappa shape index (κ1) is 14.9. The quantitative estimate of drug-likeness (QED) is 0.740. The van der Waals surface area contributed by atoms with Crippen molar-refractivity contribution in [3.63, 3.8) is 0 Å². The van der Waals surface area contributed by atoms with Gasteiger partial charge in [-0.15, -0.1) is 11.8 Å². The molecule has 1 saturated carbocycles. The van der Waals surface area contributed by atoms with Gasteiger partial charge in [0.25, 0.3) is 0 Å².